The highest BCUT2D eigenvalue weighted by atomic mass is 32.2. The van der Waals surface area contributed by atoms with Gasteiger partial charge in [0.15, 0.2) is 0 Å². The lowest BCUT2D eigenvalue weighted by Gasteiger charge is -2.31. The van der Waals surface area contributed by atoms with E-state index in [2.05, 4.69) is 37.3 Å². The molecule has 0 amide bonds. The summed E-state index contributed by atoms with van der Waals surface area (Å²) in [5, 5.41) is 3.63. The highest BCUT2D eigenvalue weighted by Gasteiger charge is 2.25. The summed E-state index contributed by atoms with van der Waals surface area (Å²) in [7, 11) is 0. The van der Waals surface area contributed by atoms with Crippen molar-refractivity contribution in [3.63, 3.8) is 0 Å². The van der Waals surface area contributed by atoms with Crippen molar-refractivity contribution in [3.05, 3.63) is 16.6 Å². The normalized spacial score (nSPS) is 14.0. The summed E-state index contributed by atoms with van der Waals surface area (Å²) < 4.78 is 0.388. The van der Waals surface area contributed by atoms with Gasteiger partial charge in [0.1, 0.15) is 0 Å². The van der Waals surface area contributed by atoms with E-state index in [0.717, 1.165) is 6.54 Å². The Morgan fingerprint density at radius 3 is 2.62 bits per heavy atom. The minimum absolute atomic E-state index is 0.388. The summed E-state index contributed by atoms with van der Waals surface area (Å²) in [5.74, 6) is 0. The molecule has 0 radical (unpaired) electrons. The molecule has 0 fully saturated rings. The van der Waals surface area contributed by atoms with Gasteiger partial charge in [-0.25, -0.2) is 0 Å². The van der Waals surface area contributed by atoms with Crippen LogP contribution >= 0.6 is 23.1 Å². The van der Waals surface area contributed by atoms with Crippen molar-refractivity contribution < 1.29 is 0 Å². The molecule has 1 atom stereocenters. The lowest BCUT2D eigenvalue weighted by molar-refractivity contribution is 0.462. The Hall–Kier alpha value is -0.0600. The molecule has 4 heteroatoms. The van der Waals surface area contributed by atoms with Crippen molar-refractivity contribution in [2.75, 3.05) is 12.8 Å². The first-order chi connectivity index (χ1) is 7.67. The molecule has 1 aromatic rings. The molecule has 1 aromatic heterocycles. The second kappa shape index (κ2) is 6.62. The summed E-state index contributed by atoms with van der Waals surface area (Å²) in [6, 6.07) is 0.414. The third-order valence-corrected chi connectivity index (χ3v) is 5.88. The lowest BCUT2D eigenvalue weighted by Crippen LogP contribution is -2.37. The molecule has 16 heavy (non-hydrogen) atoms. The Morgan fingerprint density at radius 1 is 1.50 bits per heavy atom. The van der Waals surface area contributed by atoms with Crippen LogP contribution in [-0.2, 0) is 0 Å². The SMILES string of the molecule is CCC(CC)(CNC(C)c1cncs1)SC. The third kappa shape index (κ3) is 3.47. The Kier molecular flexibility index (Phi) is 5.79. The second-order valence-corrected chi connectivity index (χ2v) is 6.29. The Morgan fingerprint density at radius 2 is 2.19 bits per heavy atom. The number of rotatable bonds is 7. The van der Waals surface area contributed by atoms with E-state index in [0.29, 0.717) is 10.8 Å². The molecule has 0 spiro atoms. The van der Waals surface area contributed by atoms with Crippen molar-refractivity contribution in [2.24, 2.45) is 0 Å². The number of aromatic nitrogens is 1. The number of hydrogen-bond acceptors (Lipinski definition) is 4. The van der Waals surface area contributed by atoms with Crippen molar-refractivity contribution >= 4 is 23.1 Å². The van der Waals surface area contributed by atoms with E-state index in [1.54, 1.807) is 11.3 Å². The maximum atomic E-state index is 4.12. The van der Waals surface area contributed by atoms with Gasteiger partial charge in [0.05, 0.1) is 5.51 Å². The molecule has 0 saturated heterocycles. The smallest absolute Gasteiger partial charge is 0.0794 e. The molecular weight excluding hydrogens is 236 g/mol. The third-order valence-electron chi connectivity index (χ3n) is 3.33. The first-order valence-corrected chi connectivity index (χ1v) is 7.94. The Bertz CT molecular complexity index is 273. The number of thiazole rings is 1. The van der Waals surface area contributed by atoms with Crippen LogP contribution in [-0.4, -0.2) is 22.5 Å². The van der Waals surface area contributed by atoms with Crippen LogP contribution < -0.4 is 5.32 Å². The van der Waals surface area contributed by atoms with Crippen LogP contribution in [0.4, 0.5) is 0 Å². The minimum Gasteiger partial charge on any atom is -0.308 e. The molecule has 0 aromatic carbocycles. The molecule has 1 N–H and O–H groups in total. The quantitative estimate of drug-likeness (QED) is 0.807. The maximum absolute atomic E-state index is 4.12. The number of nitrogens with one attached hydrogen (secondary N) is 1. The highest BCUT2D eigenvalue weighted by molar-refractivity contribution is 8.00. The number of nitrogens with zero attached hydrogens (tertiary/aromatic N) is 1. The van der Waals surface area contributed by atoms with Crippen LogP contribution in [0.15, 0.2) is 11.7 Å². The van der Waals surface area contributed by atoms with Gasteiger partial charge in [-0.05, 0) is 26.0 Å². The lowest BCUT2D eigenvalue weighted by atomic mass is 10.0. The Balaban J connectivity index is 2.49. The number of hydrogen-bond donors (Lipinski definition) is 1. The van der Waals surface area contributed by atoms with Gasteiger partial charge in [-0.1, -0.05) is 13.8 Å². The van der Waals surface area contributed by atoms with E-state index >= 15 is 0 Å². The van der Waals surface area contributed by atoms with Gasteiger partial charge in [-0.15, -0.1) is 11.3 Å². The van der Waals surface area contributed by atoms with E-state index in [1.165, 1.54) is 17.7 Å². The first kappa shape index (κ1) is 14.0. The van der Waals surface area contributed by atoms with E-state index in [-0.39, 0.29) is 0 Å². The van der Waals surface area contributed by atoms with Crippen LogP contribution in [0.5, 0.6) is 0 Å². The van der Waals surface area contributed by atoms with Crippen LogP contribution in [0.25, 0.3) is 0 Å². The fourth-order valence-electron chi connectivity index (χ4n) is 1.74. The van der Waals surface area contributed by atoms with Crippen molar-refractivity contribution in [2.45, 2.75) is 44.4 Å². The molecule has 0 saturated carbocycles. The summed E-state index contributed by atoms with van der Waals surface area (Å²) >= 11 is 3.71. The zero-order chi connectivity index (χ0) is 12.0. The van der Waals surface area contributed by atoms with Crippen LogP contribution in [0.2, 0.25) is 0 Å². The van der Waals surface area contributed by atoms with Gasteiger partial charge in [-0.3, -0.25) is 4.98 Å². The first-order valence-electron chi connectivity index (χ1n) is 5.84. The fourth-order valence-corrected chi connectivity index (χ4v) is 3.20. The zero-order valence-corrected chi connectivity index (χ0v) is 12.3. The average Bonchev–Trinajstić information content (AvgIpc) is 2.85. The molecule has 0 bridgehead atoms. The van der Waals surface area contributed by atoms with Crippen LogP contribution in [0, 0.1) is 0 Å². The van der Waals surface area contributed by atoms with Gasteiger partial charge in [0, 0.05) is 28.4 Å². The van der Waals surface area contributed by atoms with E-state index in [4.69, 9.17) is 0 Å². The molecular formula is C12H22N2S2. The summed E-state index contributed by atoms with van der Waals surface area (Å²) in [6.07, 6.45) is 6.60. The molecule has 1 heterocycles. The van der Waals surface area contributed by atoms with Gasteiger partial charge >= 0.3 is 0 Å². The van der Waals surface area contributed by atoms with Crippen molar-refractivity contribution in [3.8, 4) is 0 Å². The van der Waals surface area contributed by atoms with Gasteiger partial charge in [-0.2, -0.15) is 11.8 Å². The second-order valence-electron chi connectivity index (χ2n) is 4.10. The summed E-state index contributed by atoms with van der Waals surface area (Å²) in [5.41, 5.74) is 1.90. The predicted molar refractivity (Wildman–Crippen MR) is 75.4 cm³/mol. The van der Waals surface area contributed by atoms with Crippen molar-refractivity contribution in [1.29, 1.82) is 0 Å². The molecule has 0 aliphatic rings. The van der Waals surface area contributed by atoms with Crippen LogP contribution in [0.3, 0.4) is 0 Å². The maximum Gasteiger partial charge on any atom is 0.0794 e. The molecule has 0 aliphatic heterocycles. The molecule has 92 valence electrons. The monoisotopic (exact) mass is 258 g/mol. The largest absolute Gasteiger partial charge is 0.308 e. The predicted octanol–water partition coefficient (Wildman–Crippen LogP) is 3.72. The average molecular weight is 258 g/mol. The van der Waals surface area contributed by atoms with Gasteiger partial charge in [0.25, 0.3) is 0 Å². The molecule has 2 nitrogen and oxygen atoms in total. The molecule has 0 aliphatic carbocycles. The minimum atomic E-state index is 0.388. The van der Waals surface area contributed by atoms with E-state index < -0.39 is 0 Å². The topological polar surface area (TPSA) is 24.9 Å². The summed E-state index contributed by atoms with van der Waals surface area (Å²) in [6.45, 7) is 7.84. The van der Waals surface area contributed by atoms with Gasteiger partial charge in [0.2, 0.25) is 0 Å². The standard InChI is InChI=1S/C12H22N2S2/c1-5-12(6-2,15-4)8-14-10(3)11-7-13-9-16-11/h7,9-10,14H,5-6,8H2,1-4H3. The van der Waals surface area contributed by atoms with Crippen molar-refractivity contribution in [1.82, 2.24) is 10.3 Å². The molecule has 1 rings (SSSR count). The Labute approximate surface area is 107 Å². The highest BCUT2D eigenvalue weighted by Crippen LogP contribution is 2.30. The fraction of sp³-hybridized carbons (Fsp3) is 0.750. The van der Waals surface area contributed by atoms with E-state index in [1.807, 2.05) is 23.5 Å². The summed E-state index contributed by atoms with van der Waals surface area (Å²) in [4.78, 5) is 5.44. The van der Waals surface area contributed by atoms with Crippen LogP contribution in [0.1, 0.15) is 44.5 Å². The zero-order valence-electron chi connectivity index (χ0n) is 10.6. The molecule has 1 unspecified atom stereocenters. The van der Waals surface area contributed by atoms with Gasteiger partial charge < -0.3 is 5.32 Å². The number of thioether (sulfide) groups is 1. The van der Waals surface area contributed by atoms with E-state index in [9.17, 15) is 0 Å².